The normalized spacial score (nSPS) is 13.1. The Kier molecular flexibility index (Phi) is 5.71. The van der Waals surface area contributed by atoms with E-state index in [-0.39, 0.29) is 0 Å². The van der Waals surface area contributed by atoms with Gasteiger partial charge in [0.05, 0.1) is 22.8 Å². The van der Waals surface area contributed by atoms with Crippen LogP contribution in [0.15, 0.2) is 84.9 Å². The summed E-state index contributed by atoms with van der Waals surface area (Å²) in [6.07, 6.45) is 16.8. The zero-order valence-corrected chi connectivity index (χ0v) is 25.6. The Hall–Kier alpha value is -6.80. The van der Waals surface area contributed by atoms with Crippen LogP contribution in [-0.2, 0) is 0 Å². The zero-order valence-electron chi connectivity index (χ0n) is 25.6. The van der Waals surface area contributed by atoms with E-state index in [1.54, 1.807) is 0 Å². The van der Waals surface area contributed by atoms with Crippen LogP contribution in [0.4, 0.5) is 0 Å². The van der Waals surface area contributed by atoms with Gasteiger partial charge in [-0.3, -0.25) is 0 Å². The van der Waals surface area contributed by atoms with Crippen LogP contribution in [0.25, 0.3) is 81.8 Å². The second-order valence-electron chi connectivity index (χ2n) is 12.3. The minimum Gasteiger partial charge on any atom is -0.355 e. The third kappa shape index (κ3) is 4.89. The van der Waals surface area contributed by atoms with Gasteiger partial charge in [0.2, 0.25) is 0 Å². The highest BCUT2D eigenvalue weighted by molar-refractivity contribution is 5.91. The Bertz CT molecular complexity index is 2910. The van der Waals surface area contributed by atoms with Gasteiger partial charge >= 0.3 is 0 Å². The summed E-state index contributed by atoms with van der Waals surface area (Å²) in [5.41, 5.74) is 13.5. The molecule has 7 aromatic heterocycles. The van der Waals surface area contributed by atoms with Crippen molar-refractivity contribution in [2.75, 3.05) is 0 Å². The Morgan fingerprint density at radius 1 is 0.396 bits per heavy atom. The molecule has 0 radical (unpaired) electrons. The summed E-state index contributed by atoms with van der Waals surface area (Å²) in [5, 5.41) is 4.00. The lowest BCUT2D eigenvalue weighted by atomic mass is 10.1. The first kappa shape index (κ1) is 26.4. The molecule has 7 aromatic rings. The van der Waals surface area contributed by atoms with Crippen LogP contribution in [0.5, 0.6) is 0 Å². The minimum atomic E-state index is 0.875. The summed E-state index contributed by atoms with van der Waals surface area (Å²) in [5.74, 6) is 0. The fraction of sp³-hybridized carbons (Fsp3) is 0. The SMILES string of the molecule is C1=Cc2cc3ccc([nH]3)c(-c3cc4[nH]c3=Cc3ccc([nH]3)C=c3ccc([nH]3)=Cc3ccc([nH]3)C=4)c3nc(cc4ccc(cc1n2)[nH]4)C=C3. The lowest BCUT2D eigenvalue weighted by Gasteiger charge is -2.01. The van der Waals surface area contributed by atoms with Crippen LogP contribution in [0, 0.1) is 0 Å². The molecule has 10 rings (SSSR count). The van der Waals surface area contributed by atoms with Crippen molar-refractivity contribution in [2.24, 2.45) is 0 Å². The van der Waals surface area contributed by atoms with E-state index in [9.17, 15) is 0 Å². The minimum absolute atomic E-state index is 0.875. The largest absolute Gasteiger partial charge is 0.355 e. The highest BCUT2D eigenvalue weighted by atomic mass is 14.8. The Labute approximate surface area is 273 Å². The van der Waals surface area contributed by atoms with E-state index in [2.05, 4.69) is 151 Å². The van der Waals surface area contributed by atoms with Crippen molar-refractivity contribution in [1.82, 2.24) is 39.9 Å². The molecule has 0 saturated carbocycles. The van der Waals surface area contributed by atoms with Crippen LogP contribution in [0.3, 0.4) is 0 Å². The van der Waals surface area contributed by atoms with Crippen LogP contribution >= 0.6 is 0 Å². The number of aromatic nitrogens is 8. The standard InChI is InChI=1S/C40H28N8/c1-2-26-17-28-9-10-34(45-28)22-39-36(21-35(48-39)20-31-8-7-27(44-31)16-23(1)41-26)40-37-13-11-32(46-37)18-29-5-3-24(42-29)15-25-4-6-30(43-25)19-33-12-14-38(40)47-33/h1-22,41-42,44-45,47-48H. The maximum Gasteiger partial charge on any atom is 0.0737 e. The summed E-state index contributed by atoms with van der Waals surface area (Å²) < 4.78 is 0. The first-order chi connectivity index (χ1) is 23.6. The van der Waals surface area contributed by atoms with Gasteiger partial charge in [-0.05, 0) is 134 Å². The molecule has 0 aromatic carbocycles. The van der Waals surface area contributed by atoms with Crippen molar-refractivity contribution in [3.63, 3.8) is 0 Å². The number of rotatable bonds is 1. The van der Waals surface area contributed by atoms with Gasteiger partial charge in [-0.15, -0.1) is 0 Å². The lowest BCUT2D eigenvalue weighted by Crippen LogP contribution is -2.11. The second-order valence-corrected chi connectivity index (χ2v) is 12.3. The van der Waals surface area contributed by atoms with Gasteiger partial charge in [-0.1, -0.05) is 0 Å². The van der Waals surface area contributed by atoms with E-state index in [0.717, 1.165) is 100 Å². The first-order valence-corrected chi connectivity index (χ1v) is 15.9. The molecule has 3 aliphatic heterocycles. The second kappa shape index (κ2) is 10.4. The van der Waals surface area contributed by atoms with Gasteiger partial charge in [0.25, 0.3) is 0 Å². The average molecular weight is 621 g/mol. The van der Waals surface area contributed by atoms with Crippen molar-refractivity contribution in [2.45, 2.75) is 0 Å². The molecule has 48 heavy (non-hydrogen) atoms. The predicted molar refractivity (Wildman–Crippen MR) is 194 cm³/mol. The molecule has 16 bridgehead atoms. The summed E-state index contributed by atoms with van der Waals surface area (Å²) in [6, 6.07) is 29.3. The molecular formula is C40H28N8. The highest BCUT2D eigenvalue weighted by Gasteiger charge is 2.14. The lowest BCUT2D eigenvalue weighted by molar-refractivity contribution is 1.23. The van der Waals surface area contributed by atoms with Crippen molar-refractivity contribution < 1.29 is 0 Å². The third-order valence-corrected chi connectivity index (χ3v) is 8.78. The molecule has 0 aliphatic carbocycles. The average Bonchev–Trinajstić information content (AvgIpc) is 3.90. The molecule has 3 aliphatic rings. The van der Waals surface area contributed by atoms with Crippen LogP contribution in [0.2, 0.25) is 0 Å². The van der Waals surface area contributed by atoms with Crippen molar-refractivity contribution >= 4 is 70.7 Å². The Balaban J connectivity index is 1.27. The van der Waals surface area contributed by atoms with E-state index in [4.69, 9.17) is 9.97 Å². The van der Waals surface area contributed by atoms with Crippen LogP contribution in [0.1, 0.15) is 45.6 Å². The smallest absolute Gasteiger partial charge is 0.0737 e. The van der Waals surface area contributed by atoms with Crippen molar-refractivity contribution in [3.8, 4) is 11.1 Å². The van der Waals surface area contributed by atoms with E-state index in [1.807, 2.05) is 12.2 Å². The molecule has 0 spiro atoms. The quantitative estimate of drug-likeness (QED) is 0.150. The van der Waals surface area contributed by atoms with Gasteiger partial charge in [0.1, 0.15) is 0 Å². The van der Waals surface area contributed by atoms with Gasteiger partial charge in [0.15, 0.2) is 0 Å². The maximum atomic E-state index is 5.14. The van der Waals surface area contributed by atoms with Crippen molar-refractivity contribution in [3.05, 3.63) is 152 Å². The molecule has 0 saturated heterocycles. The molecule has 0 unspecified atom stereocenters. The number of nitrogens with one attached hydrogen (secondary N) is 6. The molecule has 6 N–H and O–H groups in total. The molecule has 228 valence electrons. The van der Waals surface area contributed by atoms with E-state index in [1.165, 1.54) is 0 Å². The molecule has 10 heterocycles. The number of nitrogens with zero attached hydrogens (tertiary/aromatic N) is 2. The molecule has 0 atom stereocenters. The van der Waals surface area contributed by atoms with Gasteiger partial charge in [-0.25, -0.2) is 9.97 Å². The summed E-state index contributed by atoms with van der Waals surface area (Å²) >= 11 is 0. The Morgan fingerprint density at radius 2 is 0.958 bits per heavy atom. The first-order valence-electron chi connectivity index (χ1n) is 15.9. The summed E-state index contributed by atoms with van der Waals surface area (Å²) in [4.78, 5) is 31.4. The molecule has 8 nitrogen and oxygen atoms in total. The fourth-order valence-electron chi connectivity index (χ4n) is 6.63. The number of aromatic amines is 6. The van der Waals surface area contributed by atoms with Crippen LogP contribution in [-0.4, -0.2) is 39.9 Å². The maximum absolute atomic E-state index is 5.14. The number of hydrogen-bond donors (Lipinski definition) is 6. The number of hydrogen-bond acceptors (Lipinski definition) is 2. The van der Waals surface area contributed by atoms with Crippen molar-refractivity contribution in [1.29, 1.82) is 0 Å². The van der Waals surface area contributed by atoms with Gasteiger partial charge in [-0.2, -0.15) is 0 Å². The van der Waals surface area contributed by atoms with Gasteiger partial charge in [0, 0.05) is 77.4 Å². The number of H-pyrrole nitrogens is 6. The topological polar surface area (TPSA) is 121 Å². The van der Waals surface area contributed by atoms with Gasteiger partial charge < -0.3 is 29.9 Å². The van der Waals surface area contributed by atoms with E-state index < -0.39 is 0 Å². The molecule has 0 fully saturated rings. The zero-order chi connectivity index (χ0) is 31.6. The fourth-order valence-corrected chi connectivity index (χ4v) is 6.63. The third-order valence-electron chi connectivity index (χ3n) is 8.78. The molecule has 8 heteroatoms. The summed E-state index contributed by atoms with van der Waals surface area (Å²) in [7, 11) is 0. The highest BCUT2D eigenvalue weighted by Crippen LogP contribution is 2.28. The Morgan fingerprint density at radius 3 is 1.65 bits per heavy atom. The van der Waals surface area contributed by atoms with E-state index in [0.29, 0.717) is 0 Å². The molecular weight excluding hydrogens is 592 g/mol. The predicted octanol–water partition coefficient (Wildman–Crippen LogP) is 5.26. The number of fused-ring (bicyclic) bond motifs is 16. The van der Waals surface area contributed by atoms with Crippen LogP contribution < -0.4 is 21.4 Å². The molecule has 0 amide bonds. The monoisotopic (exact) mass is 620 g/mol. The summed E-state index contributed by atoms with van der Waals surface area (Å²) in [6.45, 7) is 0. The van der Waals surface area contributed by atoms with E-state index >= 15 is 0 Å².